The van der Waals surface area contributed by atoms with E-state index in [2.05, 4.69) is 5.32 Å². The van der Waals surface area contributed by atoms with E-state index in [1.165, 1.54) is 12.2 Å². The summed E-state index contributed by atoms with van der Waals surface area (Å²) in [5, 5.41) is 2.32. The molecule has 0 rings (SSSR count). The Bertz CT molecular complexity index is 388. The van der Waals surface area contributed by atoms with Crippen molar-refractivity contribution in [1.82, 2.24) is 5.32 Å². The van der Waals surface area contributed by atoms with E-state index in [-0.39, 0.29) is 19.8 Å². The van der Waals surface area contributed by atoms with Crippen molar-refractivity contribution < 1.29 is 27.9 Å². The molecule has 0 spiro atoms. The standard InChI is InChI=1S/C13H24NO6P/c1-5-18-13(16)12(14-10-15)9-8-11(4)21(17,19-6-2)20-7-3/h8-12H,5-7H2,1-4H3,(H,14,15). The minimum absolute atomic E-state index is 0.204. The van der Waals surface area contributed by atoms with Crippen LogP contribution >= 0.6 is 7.60 Å². The molecule has 122 valence electrons. The molecule has 0 saturated carbocycles. The molecule has 2 atom stereocenters. The lowest BCUT2D eigenvalue weighted by molar-refractivity contribution is -0.145. The first-order chi connectivity index (χ1) is 9.95. The SMILES string of the molecule is CCOC(=O)C(C=CC(C)P(=O)(OCC)OCC)NC=O. The number of hydrogen-bond donors (Lipinski definition) is 1. The van der Waals surface area contributed by atoms with Gasteiger partial charge in [0, 0.05) is 0 Å². The van der Waals surface area contributed by atoms with Gasteiger partial charge in [-0.15, -0.1) is 0 Å². The average molecular weight is 321 g/mol. The van der Waals surface area contributed by atoms with Crippen molar-refractivity contribution in [3.05, 3.63) is 12.2 Å². The number of carbonyl (C=O) groups excluding carboxylic acids is 2. The van der Waals surface area contributed by atoms with E-state index in [0.717, 1.165) is 0 Å². The Morgan fingerprint density at radius 2 is 1.71 bits per heavy atom. The average Bonchev–Trinajstić information content (AvgIpc) is 2.43. The van der Waals surface area contributed by atoms with Gasteiger partial charge < -0.3 is 19.1 Å². The third kappa shape index (κ3) is 6.89. The van der Waals surface area contributed by atoms with Gasteiger partial charge in [-0.3, -0.25) is 9.36 Å². The van der Waals surface area contributed by atoms with Crippen LogP contribution in [0.25, 0.3) is 0 Å². The van der Waals surface area contributed by atoms with Gasteiger partial charge in [0.2, 0.25) is 6.41 Å². The number of hydrogen-bond acceptors (Lipinski definition) is 6. The quantitative estimate of drug-likeness (QED) is 0.270. The van der Waals surface area contributed by atoms with Gasteiger partial charge in [-0.2, -0.15) is 0 Å². The molecule has 0 fully saturated rings. The molecule has 0 radical (unpaired) electrons. The summed E-state index contributed by atoms with van der Waals surface area (Å²) in [6.45, 7) is 7.48. The third-order valence-electron chi connectivity index (χ3n) is 2.49. The number of rotatable bonds is 11. The van der Waals surface area contributed by atoms with Gasteiger partial charge in [0.25, 0.3) is 0 Å². The van der Waals surface area contributed by atoms with Gasteiger partial charge in [-0.1, -0.05) is 12.2 Å². The van der Waals surface area contributed by atoms with Crippen LogP contribution in [0.5, 0.6) is 0 Å². The minimum atomic E-state index is -3.29. The highest BCUT2D eigenvalue weighted by atomic mass is 31.2. The van der Waals surface area contributed by atoms with Crippen molar-refractivity contribution in [1.29, 1.82) is 0 Å². The fourth-order valence-corrected chi connectivity index (χ4v) is 3.09. The van der Waals surface area contributed by atoms with Gasteiger partial charge in [-0.25, -0.2) is 4.79 Å². The Morgan fingerprint density at radius 3 is 2.14 bits per heavy atom. The Kier molecular flexibility index (Phi) is 9.95. The molecule has 0 aliphatic rings. The molecule has 0 saturated heterocycles. The lowest BCUT2D eigenvalue weighted by atomic mass is 10.2. The number of nitrogens with one attached hydrogen (secondary N) is 1. The van der Waals surface area contributed by atoms with E-state index < -0.39 is 25.3 Å². The molecular weight excluding hydrogens is 297 g/mol. The van der Waals surface area contributed by atoms with E-state index in [9.17, 15) is 14.2 Å². The fourth-order valence-electron chi connectivity index (χ4n) is 1.52. The summed E-state index contributed by atoms with van der Waals surface area (Å²) in [6.07, 6.45) is 3.34. The summed E-state index contributed by atoms with van der Waals surface area (Å²) >= 11 is 0. The predicted molar refractivity (Wildman–Crippen MR) is 79.1 cm³/mol. The first-order valence-electron chi connectivity index (χ1n) is 6.88. The largest absolute Gasteiger partial charge is 0.464 e. The van der Waals surface area contributed by atoms with E-state index in [1.807, 2.05) is 0 Å². The normalized spacial score (nSPS) is 14.7. The molecular formula is C13H24NO6P. The molecule has 7 nitrogen and oxygen atoms in total. The van der Waals surface area contributed by atoms with Crippen LogP contribution in [-0.4, -0.2) is 43.9 Å². The van der Waals surface area contributed by atoms with Crippen molar-refractivity contribution in [3.63, 3.8) is 0 Å². The number of amides is 1. The molecule has 1 amide bonds. The Morgan fingerprint density at radius 1 is 1.14 bits per heavy atom. The second-order valence-corrected chi connectivity index (χ2v) is 6.43. The van der Waals surface area contributed by atoms with Crippen LogP contribution in [0.15, 0.2) is 12.2 Å². The van der Waals surface area contributed by atoms with Crippen LogP contribution in [-0.2, 0) is 27.9 Å². The first kappa shape index (κ1) is 19.8. The zero-order valence-electron chi connectivity index (χ0n) is 12.9. The number of allylic oxidation sites excluding steroid dienone is 1. The van der Waals surface area contributed by atoms with E-state index in [0.29, 0.717) is 6.41 Å². The summed E-state index contributed by atoms with van der Waals surface area (Å²) in [5.41, 5.74) is -0.553. The Hall–Kier alpha value is -1.17. The van der Waals surface area contributed by atoms with Crippen molar-refractivity contribution in [3.8, 4) is 0 Å². The topological polar surface area (TPSA) is 90.9 Å². The Balaban J connectivity index is 4.96. The zero-order valence-corrected chi connectivity index (χ0v) is 13.8. The molecule has 8 heteroatoms. The monoisotopic (exact) mass is 321 g/mol. The Labute approximate surface area is 125 Å². The van der Waals surface area contributed by atoms with Crippen molar-refractivity contribution in [2.75, 3.05) is 19.8 Å². The summed E-state index contributed by atoms with van der Waals surface area (Å²) in [4.78, 5) is 22.1. The van der Waals surface area contributed by atoms with Crippen LogP contribution in [0.4, 0.5) is 0 Å². The van der Waals surface area contributed by atoms with E-state index >= 15 is 0 Å². The highest BCUT2D eigenvalue weighted by Crippen LogP contribution is 2.53. The molecule has 2 unspecified atom stereocenters. The molecule has 1 N–H and O–H groups in total. The highest BCUT2D eigenvalue weighted by Gasteiger charge is 2.30. The maximum absolute atomic E-state index is 12.5. The van der Waals surface area contributed by atoms with Crippen LogP contribution in [0.2, 0.25) is 0 Å². The molecule has 0 aliphatic carbocycles. The van der Waals surface area contributed by atoms with Gasteiger partial charge >= 0.3 is 13.6 Å². The number of carbonyl (C=O) groups is 2. The molecule has 0 aromatic heterocycles. The van der Waals surface area contributed by atoms with E-state index in [4.69, 9.17) is 13.8 Å². The maximum Gasteiger partial charge on any atom is 0.337 e. The van der Waals surface area contributed by atoms with Gasteiger partial charge in [0.05, 0.1) is 25.5 Å². The first-order valence-corrected chi connectivity index (χ1v) is 8.49. The summed E-state index contributed by atoms with van der Waals surface area (Å²) in [5.74, 6) is -0.587. The van der Waals surface area contributed by atoms with Gasteiger partial charge in [0.1, 0.15) is 6.04 Å². The molecule has 0 aromatic carbocycles. The fraction of sp³-hybridized carbons (Fsp3) is 0.692. The molecule has 21 heavy (non-hydrogen) atoms. The van der Waals surface area contributed by atoms with Crippen molar-refractivity contribution >= 4 is 20.0 Å². The maximum atomic E-state index is 12.5. The third-order valence-corrected chi connectivity index (χ3v) is 4.89. The van der Waals surface area contributed by atoms with Gasteiger partial charge in [0.15, 0.2) is 0 Å². The molecule has 0 aliphatic heterocycles. The molecule has 0 heterocycles. The van der Waals surface area contributed by atoms with E-state index in [1.54, 1.807) is 27.7 Å². The molecule has 0 aromatic rings. The zero-order chi connectivity index (χ0) is 16.3. The van der Waals surface area contributed by atoms with Gasteiger partial charge in [-0.05, 0) is 27.7 Å². The van der Waals surface area contributed by atoms with Crippen LogP contribution < -0.4 is 5.32 Å². The van der Waals surface area contributed by atoms with Crippen LogP contribution in [0, 0.1) is 0 Å². The second kappa shape index (κ2) is 10.5. The highest BCUT2D eigenvalue weighted by molar-refractivity contribution is 7.54. The summed E-state index contributed by atoms with van der Waals surface area (Å²) in [6, 6.07) is -0.929. The lowest BCUT2D eigenvalue weighted by Crippen LogP contribution is -2.35. The lowest BCUT2D eigenvalue weighted by Gasteiger charge is -2.21. The minimum Gasteiger partial charge on any atom is -0.464 e. The molecule has 0 bridgehead atoms. The second-order valence-electron chi connectivity index (χ2n) is 4.02. The van der Waals surface area contributed by atoms with Crippen molar-refractivity contribution in [2.24, 2.45) is 0 Å². The summed E-state index contributed by atoms with van der Waals surface area (Å²) < 4.78 is 27.7. The number of ether oxygens (including phenoxy) is 1. The predicted octanol–water partition coefficient (Wildman–Crippen LogP) is 1.87. The smallest absolute Gasteiger partial charge is 0.337 e. The van der Waals surface area contributed by atoms with Crippen LogP contribution in [0.3, 0.4) is 0 Å². The van der Waals surface area contributed by atoms with Crippen LogP contribution in [0.1, 0.15) is 27.7 Å². The number of esters is 1. The summed E-state index contributed by atoms with van der Waals surface area (Å²) in [7, 11) is -3.29. The van der Waals surface area contributed by atoms with Crippen molar-refractivity contribution in [2.45, 2.75) is 39.4 Å².